The van der Waals surface area contributed by atoms with Gasteiger partial charge in [-0.15, -0.1) is 11.3 Å². The van der Waals surface area contributed by atoms with E-state index in [2.05, 4.69) is 32.2 Å². The zero-order valence-corrected chi connectivity index (χ0v) is 10.7. The highest BCUT2D eigenvalue weighted by atomic mass is 32.1. The first-order valence-corrected chi connectivity index (χ1v) is 6.35. The van der Waals surface area contributed by atoms with Crippen LogP contribution in [0.1, 0.15) is 35.1 Å². The molecule has 1 aromatic rings. The molecule has 0 amide bonds. The SMILES string of the molecule is Cc1cc(CNC(C)CCCO)sc1C. The van der Waals surface area contributed by atoms with Crippen LogP contribution in [0.2, 0.25) is 0 Å². The summed E-state index contributed by atoms with van der Waals surface area (Å²) < 4.78 is 0. The molecule has 2 nitrogen and oxygen atoms in total. The molecule has 0 saturated heterocycles. The van der Waals surface area contributed by atoms with Crippen molar-refractivity contribution >= 4 is 11.3 Å². The maximum absolute atomic E-state index is 8.71. The lowest BCUT2D eigenvalue weighted by Crippen LogP contribution is -2.25. The third kappa shape index (κ3) is 4.33. The number of aliphatic hydroxyl groups excluding tert-OH is 1. The number of rotatable bonds is 6. The Morgan fingerprint density at radius 3 is 2.73 bits per heavy atom. The summed E-state index contributed by atoms with van der Waals surface area (Å²) in [5.74, 6) is 0. The maximum atomic E-state index is 8.71. The summed E-state index contributed by atoms with van der Waals surface area (Å²) in [7, 11) is 0. The molecule has 1 unspecified atom stereocenters. The van der Waals surface area contributed by atoms with Crippen LogP contribution in [0.3, 0.4) is 0 Å². The topological polar surface area (TPSA) is 32.3 Å². The molecule has 1 rings (SSSR count). The van der Waals surface area contributed by atoms with Gasteiger partial charge in [-0.2, -0.15) is 0 Å². The molecule has 0 fully saturated rings. The minimum Gasteiger partial charge on any atom is -0.396 e. The van der Waals surface area contributed by atoms with Crippen LogP contribution in [0, 0.1) is 13.8 Å². The molecule has 86 valence electrons. The van der Waals surface area contributed by atoms with E-state index in [9.17, 15) is 0 Å². The number of nitrogens with one attached hydrogen (secondary N) is 1. The van der Waals surface area contributed by atoms with Crippen molar-refractivity contribution in [1.82, 2.24) is 5.32 Å². The van der Waals surface area contributed by atoms with Crippen molar-refractivity contribution in [3.63, 3.8) is 0 Å². The molecule has 0 aliphatic rings. The van der Waals surface area contributed by atoms with Crippen LogP contribution >= 0.6 is 11.3 Å². The van der Waals surface area contributed by atoms with Crippen molar-refractivity contribution in [1.29, 1.82) is 0 Å². The normalized spacial score (nSPS) is 13.1. The summed E-state index contributed by atoms with van der Waals surface area (Å²) in [6.45, 7) is 7.74. The Kier molecular flexibility index (Phi) is 5.29. The van der Waals surface area contributed by atoms with E-state index in [0.717, 1.165) is 19.4 Å². The minimum absolute atomic E-state index is 0.295. The first-order valence-electron chi connectivity index (χ1n) is 5.53. The third-order valence-corrected chi connectivity index (χ3v) is 3.79. The summed E-state index contributed by atoms with van der Waals surface area (Å²) in [4.78, 5) is 2.82. The lowest BCUT2D eigenvalue weighted by Gasteiger charge is -2.11. The average molecular weight is 227 g/mol. The van der Waals surface area contributed by atoms with Crippen LogP contribution in [0.4, 0.5) is 0 Å². The fourth-order valence-electron chi connectivity index (χ4n) is 1.51. The molecular weight excluding hydrogens is 206 g/mol. The molecule has 0 aromatic carbocycles. The first-order chi connectivity index (χ1) is 7.13. The van der Waals surface area contributed by atoms with Crippen LogP contribution < -0.4 is 5.32 Å². The van der Waals surface area contributed by atoms with E-state index in [1.165, 1.54) is 15.3 Å². The number of hydrogen-bond acceptors (Lipinski definition) is 3. The van der Waals surface area contributed by atoms with E-state index in [0.29, 0.717) is 12.6 Å². The number of aliphatic hydroxyl groups is 1. The van der Waals surface area contributed by atoms with Crippen molar-refractivity contribution in [2.24, 2.45) is 0 Å². The molecule has 2 N–H and O–H groups in total. The Balaban J connectivity index is 2.30. The fourth-order valence-corrected chi connectivity index (χ4v) is 2.52. The molecule has 0 aliphatic carbocycles. The molecule has 3 heteroatoms. The van der Waals surface area contributed by atoms with Crippen LogP contribution in [0.5, 0.6) is 0 Å². The van der Waals surface area contributed by atoms with E-state index in [1.54, 1.807) is 0 Å². The van der Waals surface area contributed by atoms with Gasteiger partial charge in [0.05, 0.1) is 0 Å². The molecule has 0 saturated carbocycles. The first kappa shape index (κ1) is 12.7. The highest BCUT2D eigenvalue weighted by Crippen LogP contribution is 2.20. The summed E-state index contributed by atoms with van der Waals surface area (Å²) in [6.07, 6.45) is 1.93. The second-order valence-electron chi connectivity index (χ2n) is 4.10. The summed E-state index contributed by atoms with van der Waals surface area (Å²) in [5.41, 5.74) is 1.39. The van der Waals surface area contributed by atoms with Gasteiger partial charge in [-0.1, -0.05) is 0 Å². The van der Waals surface area contributed by atoms with E-state index < -0.39 is 0 Å². The van der Waals surface area contributed by atoms with Crippen LogP contribution in [-0.2, 0) is 6.54 Å². The van der Waals surface area contributed by atoms with E-state index >= 15 is 0 Å². The molecule has 0 spiro atoms. The quantitative estimate of drug-likeness (QED) is 0.783. The van der Waals surface area contributed by atoms with Gasteiger partial charge in [-0.05, 0) is 45.2 Å². The molecule has 15 heavy (non-hydrogen) atoms. The second kappa shape index (κ2) is 6.26. The number of hydrogen-bond donors (Lipinski definition) is 2. The highest BCUT2D eigenvalue weighted by molar-refractivity contribution is 7.12. The summed E-state index contributed by atoms with van der Waals surface area (Å²) in [6, 6.07) is 2.74. The predicted molar refractivity (Wildman–Crippen MR) is 66.4 cm³/mol. The van der Waals surface area contributed by atoms with Crippen LogP contribution in [0.25, 0.3) is 0 Å². The zero-order chi connectivity index (χ0) is 11.3. The van der Waals surface area contributed by atoms with Gasteiger partial charge in [0.2, 0.25) is 0 Å². The Morgan fingerprint density at radius 1 is 1.47 bits per heavy atom. The van der Waals surface area contributed by atoms with Gasteiger partial charge in [0, 0.05) is 28.9 Å². The van der Waals surface area contributed by atoms with Crippen LogP contribution in [-0.4, -0.2) is 17.8 Å². The molecule has 1 heterocycles. The average Bonchev–Trinajstić information content (AvgIpc) is 2.52. The molecule has 1 aromatic heterocycles. The van der Waals surface area contributed by atoms with Crippen LogP contribution in [0.15, 0.2) is 6.07 Å². The van der Waals surface area contributed by atoms with Crippen molar-refractivity contribution in [2.75, 3.05) is 6.61 Å². The summed E-state index contributed by atoms with van der Waals surface area (Å²) >= 11 is 1.87. The standard InChI is InChI=1S/C12H21NOS/c1-9-7-12(15-11(9)3)8-13-10(2)5-4-6-14/h7,10,13-14H,4-6,8H2,1-3H3. The Morgan fingerprint density at radius 2 is 2.20 bits per heavy atom. The number of thiophene rings is 1. The lowest BCUT2D eigenvalue weighted by molar-refractivity contribution is 0.276. The van der Waals surface area contributed by atoms with Crippen molar-refractivity contribution in [3.8, 4) is 0 Å². The van der Waals surface area contributed by atoms with Gasteiger partial charge in [0.1, 0.15) is 0 Å². The van der Waals surface area contributed by atoms with Gasteiger partial charge in [-0.3, -0.25) is 0 Å². The second-order valence-corrected chi connectivity index (χ2v) is 5.44. The zero-order valence-electron chi connectivity index (χ0n) is 9.84. The maximum Gasteiger partial charge on any atom is 0.0431 e. The largest absolute Gasteiger partial charge is 0.396 e. The molecule has 0 aliphatic heterocycles. The highest BCUT2D eigenvalue weighted by Gasteiger charge is 2.04. The third-order valence-electron chi connectivity index (χ3n) is 2.64. The Hall–Kier alpha value is -0.380. The van der Waals surface area contributed by atoms with Gasteiger partial charge in [0.15, 0.2) is 0 Å². The molecule has 0 radical (unpaired) electrons. The fraction of sp³-hybridized carbons (Fsp3) is 0.667. The molecule has 0 bridgehead atoms. The lowest BCUT2D eigenvalue weighted by atomic mass is 10.2. The van der Waals surface area contributed by atoms with Gasteiger partial charge >= 0.3 is 0 Å². The van der Waals surface area contributed by atoms with Gasteiger partial charge < -0.3 is 10.4 Å². The van der Waals surface area contributed by atoms with Crippen molar-refractivity contribution in [3.05, 3.63) is 21.4 Å². The Bertz CT molecular complexity index is 276. The summed E-state index contributed by atoms with van der Waals surface area (Å²) in [5, 5.41) is 12.2. The molecule has 1 atom stereocenters. The van der Waals surface area contributed by atoms with Gasteiger partial charge in [0.25, 0.3) is 0 Å². The van der Waals surface area contributed by atoms with E-state index in [4.69, 9.17) is 5.11 Å². The van der Waals surface area contributed by atoms with E-state index in [-0.39, 0.29) is 0 Å². The van der Waals surface area contributed by atoms with Crippen molar-refractivity contribution in [2.45, 2.75) is 46.2 Å². The predicted octanol–water partition coefficient (Wildman–Crippen LogP) is 2.62. The smallest absolute Gasteiger partial charge is 0.0431 e. The van der Waals surface area contributed by atoms with Gasteiger partial charge in [-0.25, -0.2) is 0 Å². The monoisotopic (exact) mass is 227 g/mol. The molecular formula is C12H21NOS. The number of aryl methyl sites for hydroxylation is 2. The Labute approximate surface area is 96.3 Å². The van der Waals surface area contributed by atoms with Crippen molar-refractivity contribution < 1.29 is 5.11 Å². The minimum atomic E-state index is 0.295. The van der Waals surface area contributed by atoms with E-state index in [1.807, 2.05) is 11.3 Å².